The summed E-state index contributed by atoms with van der Waals surface area (Å²) in [5.74, 6) is 0. The Morgan fingerprint density at radius 3 is 2.76 bits per heavy atom. The first kappa shape index (κ1) is 11.9. The molecule has 0 spiro atoms. The van der Waals surface area contributed by atoms with Crippen LogP contribution < -0.4 is 0 Å². The molecule has 0 amide bonds. The SMILES string of the molecule is C=C(Cl)c1cnccc1C(=C)C1=CC=CCC1. The number of halogens is 1. The van der Waals surface area contributed by atoms with E-state index in [2.05, 4.69) is 36.4 Å². The van der Waals surface area contributed by atoms with Crippen LogP contribution in [0.5, 0.6) is 0 Å². The van der Waals surface area contributed by atoms with Crippen LogP contribution in [0, 0.1) is 0 Å². The van der Waals surface area contributed by atoms with Crippen molar-refractivity contribution in [2.45, 2.75) is 12.8 Å². The second kappa shape index (κ2) is 5.15. The van der Waals surface area contributed by atoms with Crippen LogP contribution in [0.1, 0.15) is 24.0 Å². The van der Waals surface area contributed by atoms with Gasteiger partial charge in [0.05, 0.1) is 0 Å². The van der Waals surface area contributed by atoms with Crippen LogP contribution in [-0.4, -0.2) is 4.98 Å². The molecule has 0 bridgehead atoms. The zero-order valence-electron chi connectivity index (χ0n) is 9.62. The largest absolute Gasteiger partial charge is 0.264 e. The van der Waals surface area contributed by atoms with E-state index in [4.69, 9.17) is 11.6 Å². The minimum absolute atomic E-state index is 0.501. The molecule has 2 heteroatoms. The van der Waals surface area contributed by atoms with Crippen molar-refractivity contribution in [3.63, 3.8) is 0 Å². The minimum Gasteiger partial charge on any atom is -0.264 e. The highest BCUT2D eigenvalue weighted by Crippen LogP contribution is 2.32. The van der Waals surface area contributed by atoms with E-state index in [1.165, 1.54) is 5.57 Å². The van der Waals surface area contributed by atoms with Gasteiger partial charge in [0.1, 0.15) is 0 Å². The molecule has 0 atom stereocenters. The topological polar surface area (TPSA) is 12.9 Å². The van der Waals surface area contributed by atoms with E-state index in [-0.39, 0.29) is 0 Å². The Hall–Kier alpha value is -1.60. The Kier molecular flexibility index (Phi) is 3.60. The average Bonchev–Trinajstić information content (AvgIpc) is 2.39. The molecule has 1 aromatic rings. The van der Waals surface area contributed by atoms with Crippen molar-refractivity contribution in [1.29, 1.82) is 0 Å². The first-order chi connectivity index (χ1) is 8.20. The zero-order chi connectivity index (χ0) is 12.3. The van der Waals surface area contributed by atoms with Gasteiger partial charge in [-0.2, -0.15) is 0 Å². The number of allylic oxidation sites excluding steroid dienone is 5. The second-order valence-electron chi connectivity index (χ2n) is 3.96. The molecule has 1 aromatic heterocycles. The molecule has 17 heavy (non-hydrogen) atoms. The normalized spacial score (nSPS) is 14.3. The van der Waals surface area contributed by atoms with Gasteiger partial charge in [0, 0.05) is 23.0 Å². The average molecular weight is 244 g/mol. The van der Waals surface area contributed by atoms with E-state index >= 15 is 0 Å². The van der Waals surface area contributed by atoms with Gasteiger partial charge in [-0.25, -0.2) is 0 Å². The lowest BCUT2D eigenvalue weighted by Crippen LogP contribution is -1.95. The molecule has 1 aliphatic carbocycles. The maximum atomic E-state index is 5.98. The number of nitrogens with zero attached hydrogens (tertiary/aromatic N) is 1. The molecular formula is C15H14ClN. The van der Waals surface area contributed by atoms with Crippen molar-refractivity contribution >= 4 is 22.2 Å². The molecule has 0 saturated carbocycles. The summed E-state index contributed by atoms with van der Waals surface area (Å²) in [4.78, 5) is 4.07. The fourth-order valence-corrected chi connectivity index (χ4v) is 2.05. The van der Waals surface area contributed by atoms with Crippen LogP contribution in [0.15, 0.2) is 55.4 Å². The Bertz CT molecular complexity index is 523. The van der Waals surface area contributed by atoms with Gasteiger partial charge in [0.2, 0.25) is 0 Å². The monoisotopic (exact) mass is 243 g/mol. The Balaban J connectivity index is 2.40. The van der Waals surface area contributed by atoms with Crippen molar-refractivity contribution in [2.24, 2.45) is 0 Å². The summed E-state index contributed by atoms with van der Waals surface area (Å²) in [7, 11) is 0. The van der Waals surface area contributed by atoms with Crippen LogP contribution in [0.4, 0.5) is 0 Å². The zero-order valence-corrected chi connectivity index (χ0v) is 10.4. The van der Waals surface area contributed by atoms with Crippen molar-refractivity contribution in [2.75, 3.05) is 0 Å². The van der Waals surface area contributed by atoms with Gasteiger partial charge in [-0.3, -0.25) is 4.98 Å². The fraction of sp³-hybridized carbons (Fsp3) is 0.133. The lowest BCUT2D eigenvalue weighted by atomic mass is 9.91. The van der Waals surface area contributed by atoms with E-state index in [1.807, 2.05) is 6.07 Å². The smallest absolute Gasteiger partial charge is 0.0428 e. The molecule has 0 radical (unpaired) electrons. The maximum Gasteiger partial charge on any atom is 0.0428 e. The van der Waals surface area contributed by atoms with E-state index in [0.717, 1.165) is 29.5 Å². The summed E-state index contributed by atoms with van der Waals surface area (Å²) in [6.45, 7) is 7.93. The van der Waals surface area contributed by atoms with Crippen LogP contribution >= 0.6 is 11.6 Å². The Labute approximate surface area is 107 Å². The van der Waals surface area contributed by atoms with Crippen molar-refractivity contribution in [1.82, 2.24) is 4.98 Å². The van der Waals surface area contributed by atoms with Crippen molar-refractivity contribution in [3.05, 3.63) is 66.5 Å². The number of aromatic nitrogens is 1. The molecule has 0 N–H and O–H groups in total. The summed E-state index contributed by atoms with van der Waals surface area (Å²) >= 11 is 5.98. The predicted octanol–water partition coefficient (Wildman–Crippen LogP) is 4.58. The number of rotatable bonds is 3. The Morgan fingerprint density at radius 2 is 2.12 bits per heavy atom. The number of hydrogen-bond donors (Lipinski definition) is 0. The molecule has 0 unspecified atom stereocenters. The third-order valence-electron chi connectivity index (χ3n) is 2.84. The minimum atomic E-state index is 0.501. The molecule has 0 fully saturated rings. The summed E-state index contributed by atoms with van der Waals surface area (Å²) in [5.41, 5.74) is 4.13. The van der Waals surface area contributed by atoms with Crippen LogP contribution in [-0.2, 0) is 0 Å². The quantitative estimate of drug-likeness (QED) is 0.757. The molecule has 0 saturated heterocycles. The first-order valence-corrected chi connectivity index (χ1v) is 5.92. The number of hydrogen-bond acceptors (Lipinski definition) is 1. The lowest BCUT2D eigenvalue weighted by molar-refractivity contribution is 0.996. The lowest BCUT2D eigenvalue weighted by Gasteiger charge is -2.15. The standard InChI is InChI=1S/C15H14ClN/c1-11(13-6-4-3-5-7-13)14-8-9-17-10-15(14)12(2)16/h3-4,6,8-10H,1-2,5,7H2. The highest BCUT2D eigenvalue weighted by molar-refractivity contribution is 6.48. The van der Waals surface area contributed by atoms with Gasteiger partial charge >= 0.3 is 0 Å². The highest BCUT2D eigenvalue weighted by atomic mass is 35.5. The molecule has 1 aliphatic rings. The molecule has 1 heterocycles. The summed E-state index contributed by atoms with van der Waals surface area (Å²) < 4.78 is 0. The van der Waals surface area contributed by atoms with E-state index in [0.29, 0.717) is 5.03 Å². The third-order valence-corrected chi connectivity index (χ3v) is 3.04. The van der Waals surface area contributed by atoms with Gasteiger partial charge in [0.25, 0.3) is 0 Å². The van der Waals surface area contributed by atoms with Crippen LogP contribution in [0.25, 0.3) is 10.6 Å². The molecule has 1 nitrogen and oxygen atoms in total. The summed E-state index contributed by atoms with van der Waals surface area (Å²) in [6, 6.07) is 1.93. The van der Waals surface area contributed by atoms with Gasteiger partial charge in [-0.15, -0.1) is 0 Å². The first-order valence-electron chi connectivity index (χ1n) is 5.54. The third kappa shape index (κ3) is 2.56. The molecule has 0 aliphatic heterocycles. The van der Waals surface area contributed by atoms with E-state index in [9.17, 15) is 0 Å². The summed E-state index contributed by atoms with van der Waals surface area (Å²) in [6.07, 6.45) is 11.9. The van der Waals surface area contributed by atoms with E-state index in [1.54, 1.807) is 12.4 Å². The van der Waals surface area contributed by atoms with Gasteiger partial charge in [0.15, 0.2) is 0 Å². The molecular weight excluding hydrogens is 230 g/mol. The predicted molar refractivity (Wildman–Crippen MR) is 74.6 cm³/mol. The van der Waals surface area contributed by atoms with Gasteiger partial charge < -0.3 is 0 Å². The molecule has 86 valence electrons. The van der Waals surface area contributed by atoms with Crippen LogP contribution in [0.3, 0.4) is 0 Å². The Morgan fingerprint density at radius 1 is 1.29 bits per heavy atom. The van der Waals surface area contributed by atoms with Crippen molar-refractivity contribution < 1.29 is 0 Å². The van der Waals surface area contributed by atoms with E-state index < -0.39 is 0 Å². The molecule has 2 rings (SSSR count). The summed E-state index contributed by atoms with van der Waals surface area (Å²) in [5, 5.41) is 0.501. The number of pyridine rings is 1. The van der Waals surface area contributed by atoms with Gasteiger partial charge in [-0.05, 0) is 35.6 Å². The second-order valence-corrected chi connectivity index (χ2v) is 4.42. The highest BCUT2D eigenvalue weighted by Gasteiger charge is 2.11. The maximum absolute atomic E-state index is 5.98. The van der Waals surface area contributed by atoms with Gasteiger partial charge in [-0.1, -0.05) is 43.0 Å². The van der Waals surface area contributed by atoms with Crippen LogP contribution in [0.2, 0.25) is 0 Å². The fourth-order valence-electron chi connectivity index (χ4n) is 1.90. The molecule has 0 aromatic carbocycles. The van der Waals surface area contributed by atoms with Crippen molar-refractivity contribution in [3.8, 4) is 0 Å².